The molecule has 1 heterocycles. The highest BCUT2D eigenvalue weighted by Crippen LogP contribution is 2.08. The second-order valence-electron chi connectivity index (χ2n) is 5.91. The van der Waals surface area contributed by atoms with E-state index in [0.29, 0.717) is 6.67 Å². The molecule has 2 aromatic carbocycles. The van der Waals surface area contributed by atoms with Gasteiger partial charge in [0.1, 0.15) is 0 Å². The predicted molar refractivity (Wildman–Crippen MR) is 92.1 cm³/mol. The van der Waals surface area contributed by atoms with E-state index in [1.807, 2.05) is 30.3 Å². The second kappa shape index (κ2) is 7.90. The molecule has 4 nitrogen and oxygen atoms in total. The van der Waals surface area contributed by atoms with Crippen molar-refractivity contribution in [1.82, 2.24) is 15.1 Å². The van der Waals surface area contributed by atoms with Gasteiger partial charge in [0.2, 0.25) is 0 Å². The van der Waals surface area contributed by atoms with Gasteiger partial charge in [-0.3, -0.25) is 14.6 Å². The van der Waals surface area contributed by atoms with Crippen molar-refractivity contribution in [2.45, 2.75) is 6.54 Å². The first kappa shape index (κ1) is 15.7. The molecule has 0 bridgehead atoms. The van der Waals surface area contributed by atoms with Crippen LogP contribution in [0.3, 0.4) is 0 Å². The van der Waals surface area contributed by atoms with Crippen molar-refractivity contribution in [2.24, 2.45) is 0 Å². The number of carbonyl (C=O) groups is 1. The lowest BCUT2D eigenvalue weighted by Crippen LogP contribution is -2.49. The third-order valence-electron chi connectivity index (χ3n) is 4.21. The van der Waals surface area contributed by atoms with Crippen LogP contribution in [0.25, 0.3) is 0 Å². The molecule has 0 aliphatic carbocycles. The Morgan fingerprint density at radius 2 is 1.39 bits per heavy atom. The molecule has 0 radical (unpaired) electrons. The molecular weight excluding hydrogens is 286 g/mol. The van der Waals surface area contributed by atoms with Crippen LogP contribution in [0.1, 0.15) is 15.9 Å². The zero-order valence-electron chi connectivity index (χ0n) is 13.3. The molecule has 0 aromatic heterocycles. The highest BCUT2D eigenvalue weighted by atomic mass is 16.1. The van der Waals surface area contributed by atoms with Crippen LogP contribution < -0.4 is 5.32 Å². The topological polar surface area (TPSA) is 35.6 Å². The zero-order chi connectivity index (χ0) is 15.9. The normalized spacial score (nSPS) is 16.2. The van der Waals surface area contributed by atoms with Crippen molar-refractivity contribution < 1.29 is 4.79 Å². The third-order valence-corrected chi connectivity index (χ3v) is 4.21. The largest absolute Gasteiger partial charge is 0.339 e. The van der Waals surface area contributed by atoms with Gasteiger partial charge in [0.15, 0.2) is 0 Å². The first-order valence-electron chi connectivity index (χ1n) is 8.13. The molecule has 0 unspecified atom stereocenters. The number of nitrogens with one attached hydrogen (secondary N) is 1. The minimum absolute atomic E-state index is 0.00249. The van der Waals surface area contributed by atoms with E-state index in [-0.39, 0.29) is 5.91 Å². The Balaban J connectivity index is 1.40. The smallest absolute Gasteiger partial charge is 0.252 e. The molecule has 3 rings (SSSR count). The van der Waals surface area contributed by atoms with Gasteiger partial charge in [-0.15, -0.1) is 0 Å². The van der Waals surface area contributed by atoms with Gasteiger partial charge in [-0.25, -0.2) is 0 Å². The molecule has 2 aromatic rings. The van der Waals surface area contributed by atoms with Crippen LogP contribution in [0.4, 0.5) is 0 Å². The summed E-state index contributed by atoms with van der Waals surface area (Å²) in [6, 6.07) is 19.9. The summed E-state index contributed by atoms with van der Waals surface area (Å²) >= 11 is 0. The maximum Gasteiger partial charge on any atom is 0.252 e. The summed E-state index contributed by atoms with van der Waals surface area (Å²) in [5.41, 5.74) is 2.08. The Labute approximate surface area is 137 Å². The number of nitrogens with zero attached hydrogens (tertiary/aromatic N) is 2. The summed E-state index contributed by atoms with van der Waals surface area (Å²) < 4.78 is 0. The molecule has 1 saturated heterocycles. The third kappa shape index (κ3) is 4.65. The SMILES string of the molecule is O=C(NCN1CCN(Cc2ccccc2)CC1)c1ccccc1. The Kier molecular flexibility index (Phi) is 5.40. The van der Waals surface area contributed by atoms with Crippen LogP contribution in [0, 0.1) is 0 Å². The zero-order valence-corrected chi connectivity index (χ0v) is 13.3. The average molecular weight is 309 g/mol. The predicted octanol–water partition coefficient (Wildman–Crippen LogP) is 2.19. The monoisotopic (exact) mass is 309 g/mol. The van der Waals surface area contributed by atoms with Crippen molar-refractivity contribution in [3.63, 3.8) is 0 Å². The fourth-order valence-electron chi connectivity index (χ4n) is 2.82. The van der Waals surface area contributed by atoms with Gasteiger partial charge in [0, 0.05) is 38.3 Å². The van der Waals surface area contributed by atoms with Crippen LogP contribution in [-0.2, 0) is 6.54 Å². The molecule has 120 valence electrons. The van der Waals surface area contributed by atoms with E-state index in [4.69, 9.17) is 0 Å². The number of benzene rings is 2. The minimum atomic E-state index is -0.00249. The van der Waals surface area contributed by atoms with E-state index in [1.54, 1.807) is 0 Å². The summed E-state index contributed by atoms with van der Waals surface area (Å²) in [4.78, 5) is 16.8. The molecule has 1 N–H and O–H groups in total. The van der Waals surface area contributed by atoms with Crippen LogP contribution in [0.5, 0.6) is 0 Å². The average Bonchev–Trinajstić information content (AvgIpc) is 2.62. The van der Waals surface area contributed by atoms with Gasteiger partial charge >= 0.3 is 0 Å². The van der Waals surface area contributed by atoms with Gasteiger partial charge in [-0.05, 0) is 17.7 Å². The molecular formula is C19H23N3O. The molecule has 23 heavy (non-hydrogen) atoms. The molecule has 1 amide bonds. The minimum Gasteiger partial charge on any atom is -0.339 e. The molecule has 0 atom stereocenters. The maximum absolute atomic E-state index is 12.0. The molecule has 1 aliphatic heterocycles. The van der Waals surface area contributed by atoms with Crippen LogP contribution >= 0.6 is 0 Å². The summed E-state index contributed by atoms with van der Waals surface area (Å²) in [7, 11) is 0. The fourth-order valence-corrected chi connectivity index (χ4v) is 2.82. The highest BCUT2D eigenvalue weighted by molar-refractivity contribution is 5.94. The molecule has 0 spiro atoms. The summed E-state index contributed by atoms with van der Waals surface area (Å²) in [5, 5.41) is 3.00. The Morgan fingerprint density at radius 3 is 2.04 bits per heavy atom. The van der Waals surface area contributed by atoms with Crippen molar-refractivity contribution in [3.8, 4) is 0 Å². The van der Waals surface area contributed by atoms with Crippen LogP contribution in [-0.4, -0.2) is 48.6 Å². The van der Waals surface area contributed by atoms with Crippen molar-refractivity contribution in [1.29, 1.82) is 0 Å². The van der Waals surface area contributed by atoms with E-state index in [2.05, 4.69) is 45.4 Å². The number of rotatable bonds is 5. The fraction of sp³-hybridized carbons (Fsp3) is 0.316. The van der Waals surface area contributed by atoms with Crippen molar-refractivity contribution in [3.05, 3.63) is 71.8 Å². The second-order valence-corrected chi connectivity index (χ2v) is 5.91. The quantitative estimate of drug-likeness (QED) is 0.919. The Hall–Kier alpha value is -2.17. The summed E-state index contributed by atoms with van der Waals surface area (Å²) in [6.45, 7) is 5.67. The number of amides is 1. The standard InChI is InChI=1S/C19H23N3O/c23-19(18-9-5-2-6-10-18)20-16-22-13-11-21(12-14-22)15-17-7-3-1-4-8-17/h1-10H,11-16H2,(H,20,23). The molecule has 1 fully saturated rings. The first-order valence-corrected chi connectivity index (χ1v) is 8.13. The van der Waals surface area contributed by atoms with Crippen LogP contribution in [0.15, 0.2) is 60.7 Å². The number of piperazine rings is 1. The Bertz CT molecular complexity index is 607. The number of hydrogen-bond donors (Lipinski definition) is 1. The van der Waals surface area contributed by atoms with E-state index in [9.17, 15) is 4.79 Å². The molecule has 4 heteroatoms. The van der Waals surface area contributed by atoms with Gasteiger partial charge in [0.05, 0.1) is 6.67 Å². The molecule has 1 aliphatic rings. The lowest BCUT2D eigenvalue weighted by atomic mass is 10.2. The Morgan fingerprint density at radius 1 is 0.826 bits per heavy atom. The van der Waals surface area contributed by atoms with E-state index in [1.165, 1.54) is 5.56 Å². The molecule has 0 saturated carbocycles. The maximum atomic E-state index is 12.0. The van der Waals surface area contributed by atoms with Gasteiger partial charge in [-0.1, -0.05) is 48.5 Å². The summed E-state index contributed by atoms with van der Waals surface area (Å²) in [5.74, 6) is -0.00249. The van der Waals surface area contributed by atoms with E-state index in [0.717, 1.165) is 38.3 Å². The van der Waals surface area contributed by atoms with E-state index >= 15 is 0 Å². The van der Waals surface area contributed by atoms with Gasteiger partial charge < -0.3 is 5.32 Å². The van der Waals surface area contributed by atoms with Gasteiger partial charge in [0.25, 0.3) is 5.91 Å². The van der Waals surface area contributed by atoms with Crippen molar-refractivity contribution >= 4 is 5.91 Å². The summed E-state index contributed by atoms with van der Waals surface area (Å²) in [6.07, 6.45) is 0. The van der Waals surface area contributed by atoms with Gasteiger partial charge in [-0.2, -0.15) is 0 Å². The number of hydrogen-bond acceptors (Lipinski definition) is 3. The van der Waals surface area contributed by atoms with Crippen LogP contribution in [0.2, 0.25) is 0 Å². The highest BCUT2D eigenvalue weighted by Gasteiger charge is 2.17. The lowest BCUT2D eigenvalue weighted by molar-refractivity contribution is 0.0865. The van der Waals surface area contributed by atoms with Crippen molar-refractivity contribution in [2.75, 3.05) is 32.8 Å². The first-order chi connectivity index (χ1) is 11.3. The lowest BCUT2D eigenvalue weighted by Gasteiger charge is -2.34. The van der Waals surface area contributed by atoms with E-state index < -0.39 is 0 Å². The number of carbonyl (C=O) groups excluding carboxylic acids is 1.